The number of amides is 2. The number of fused-ring (bicyclic) bond motifs is 1. The molecular weight excluding hydrogens is 729 g/mol. The van der Waals surface area contributed by atoms with E-state index in [0.29, 0.717) is 25.4 Å². The molecule has 0 radical (unpaired) electrons. The molecular formula is C45H54N10O3. The van der Waals surface area contributed by atoms with Crippen LogP contribution in [0.5, 0.6) is 0 Å². The molecule has 2 amide bonds. The van der Waals surface area contributed by atoms with E-state index in [1.54, 1.807) is 0 Å². The monoisotopic (exact) mass is 782 g/mol. The number of nitrogens with one attached hydrogen (secondary N) is 4. The molecule has 3 fully saturated rings. The number of carbonyl (C=O) groups is 2. The lowest BCUT2D eigenvalue weighted by molar-refractivity contribution is -0.133. The lowest BCUT2D eigenvalue weighted by Gasteiger charge is -2.39. The van der Waals surface area contributed by atoms with Gasteiger partial charge in [-0.2, -0.15) is 0 Å². The van der Waals surface area contributed by atoms with Gasteiger partial charge in [0.25, 0.3) is 0 Å². The van der Waals surface area contributed by atoms with Crippen molar-refractivity contribution in [1.82, 2.24) is 30.4 Å². The number of nitrogens with zero attached hydrogens (tertiary/aromatic N) is 6. The van der Waals surface area contributed by atoms with Crippen LogP contribution in [0.3, 0.4) is 0 Å². The Bertz CT molecular complexity index is 2190. The first-order chi connectivity index (χ1) is 28.3. The summed E-state index contributed by atoms with van der Waals surface area (Å²) in [7, 11) is 0. The number of benzene rings is 3. The zero-order chi connectivity index (χ0) is 40.0. The number of ether oxygens (including phenoxy) is 1. The fourth-order valence-corrected chi connectivity index (χ4v) is 8.27. The van der Waals surface area contributed by atoms with Gasteiger partial charge in [0, 0.05) is 113 Å². The fourth-order valence-electron chi connectivity index (χ4n) is 8.27. The summed E-state index contributed by atoms with van der Waals surface area (Å²) in [5.74, 6) is 1.01. The summed E-state index contributed by atoms with van der Waals surface area (Å²) in [6.45, 7) is 20.0. The van der Waals surface area contributed by atoms with Crippen molar-refractivity contribution >= 4 is 57.0 Å². The maximum absolute atomic E-state index is 12.1. The average Bonchev–Trinajstić information content (AvgIpc) is 3.25. The van der Waals surface area contributed by atoms with Gasteiger partial charge in [0.15, 0.2) is 0 Å². The standard InChI is InChI=1S/C45H54N10O3/c1-4-39(31(2)43-32(3)58-28-17-46-43)33-5-6-34-30-47-45(50-41(34)29-33)49-36-9-13-38(14-10-36)55-26-22-53(23-27-55)19-18-52-20-24-54(25-21-52)37-11-7-35(8-12-37)48-40-15-16-42(56)51-44(40)57/h4-14,29-30,40,46,48H,1,15-28H2,2-3H3,(H,47,49,50)(H,51,56,57)/b39-31+. The predicted octanol–water partition coefficient (Wildman–Crippen LogP) is 5.35. The van der Waals surface area contributed by atoms with Crippen LogP contribution in [0.15, 0.2) is 103 Å². The number of allylic oxidation sites excluding steroid dienone is 4. The molecule has 4 aromatic rings. The second kappa shape index (κ2) is 17.7. The van der Waals surface area contributed by atoms with Gasteiger partial charge in [0.2, 0.25) is 17.8 Å². The second-order valence-corrected chi connectivity index (χ2v) is 15.4. The number of rotatable bonds is 12. The Morgan fingerprint density at radius 3 is 2.12 bits per heavy atom. The van der Waals surface area contributed by atoms with Gasteiger partial charge in [-0.1, -0.05) is 24.8 Å². The molecule has 13 nitrogen and oxygen atoms in total. The van der Waals surface area contributed by atoms with Crippen LogP contribution in [0.25, 0.3) is 16.5 Å². The third-order valence-electron chi connectivity index (χ3n) is 11.7. The summed E-state index contributed by atoms with van der Waals surface area (Å²) in [4.78, 5) is 43.1. The van der Waals surface area contributed by atoms with E-state index in [2.05, 4.69) is 114 Å². The van der Waals surface area contributed by atoms with Crippen LogP contribution >= 0.6 is 0 Å². The molecule has 0 bridgehead atoms. The molecule has 0 saturated carbocycles. The number of carbonyl (C=O) groups excluding carboxylic acids is 2. The normalized spacial score (nSPS) is 19.9. The highest BCUT2D eigenvalue weighted by Crippen LogP contribution is 2.29. The van der Waals surface area contributed by atoms with E-state index >= 15 is 0 Å². The first kappa shape index (κ1) is 38.9. The van der Waals surface area contributed by atoms with E-state index in [1.165, 1.54) is 11.4 Å². The Kier molecular flexibility index (Phi) is 11.9. The van der Waals surface area contributed by atoms with Crippen molar-refractivity contribution in [2.24, 2.45) is 0 Å². The number of hydrogen-bond donors (Lipinski definition) is 4. The summed E-state index contributed by atoms with van der Waals surface area (Å²) in [6.07, 6.45) is 4.65. The third kappa shape index (κ3) is 9.11. The van der Waals surface area contributed by atoms with Gasteiger partial charge < -0.3 is 30.5 Å². The van der Waals surface area contributed by atoms with Gasteiger partial charge >= 0.3 is 0 Å². The van der Waals surface area contributed by atoms with Crippen LogP contribution < -0.4 is 31.1 Å². The Balaban J connectivity index is 0.780. The number of anilines is 5. The van der Waals surface area contributed by atoms with Crippen molar-refractivity contribution in [2.75, 3.05) is 99.0 Å². The minimum Gasteiger partial charge on any atom is -0.494 e. The largest absolute Gasteiger partial charge is 0.494 e. The molecule has 0 aliphatic carbocycles. The molecule has 5 heterocycles. The average molecular weight is 783 g/mol. The Morgan fingerprint density at radius 1 is 0.879 bits per heavy atom. The number of hydrogen-bond acceptors (Lipinski definition) is 12. The molecule has 302 valence electrons. The summed E-state index contributed by atoms with van der Waals surface area (Å²) < 4.78 is 5.79. The molecule has 1 atom stereocenters. The van der Waals surface area contributed by atoms with Crippen molar-refractivity contribution in [1.29, 1.82) is 0 Å². The zero-order valence-electron chi connectivity index (χ0n) is 33.6. The number of imide groups is 1. The third-order valence-corrected chi connectivity index (χ3v) is 11.7. The molecule has 13 heteroatoms. The first-order valence-electron chi connectivity index (χ1n) is 20.5. The maximum Gasteiger partial charge on any atom is 0.249 e. The lowest BCUT2D eigenvalue weighted by Crippen LogP contribution is -2.51. The molecule has 4 aliphatic rings. The molecule has 58 heavy (non-hydrogen) atoms. The predicted molar refractivity (Wildman–Crippen MR) is 232 cm³/mol. The fraction of sp³-hybridized carbons (Fsp3) is 0.378. The van der Waals surface area contributed by atoms with Crippen LogP contribution in [0.1, 0.15) is 32.3 Å². The van der Waals surface area contributed by atoms with Crippen LogP contribution in [-0.2, 0) is 14.3 Å². The van der Waals surface area contributed by atoms with Crippen LogP contribution in [0.2, 0.25) is 0 Å². The molecule has 1 unspecified atom stereocenters. The molecule has 3 saturated heterocycles. The van der Waals surface area contributed by atoms with Gasteiger partial charge in [0.05, 0.1) is 11.2 Å². The van der Waals surface area contributed by atoms with Crippen molar-refractivity contribution in [3.05, 3.63) is 108 Å². The van der Waals surface area contributed by atoms with Crippen LogP contribution in [0.4, 0.5) is 28.7 Å². The van der Waals surface area contributed by atoms with Gasteiger partial charge in [-0.05, 0) is 91.6 Å². The Morgan fingerprint density at radius 2 is 1.52 bits per heavy atom. The SMILES string of the molecule is C=C/C(=C(/C)C1=C(C)OCCN1)c1ccc2cnc(Nc3ccc(N4CCN(CCN5CCN(c6ccc(NC7CCC(=O)NC7=O)cc6)CC5)CC4)cc3)nc2c1. The van der Waals surface area contributed by atoms with Crippen LogP contribution in [0, 0.1) is 0 Å². The molecule has 8 rings (SSSR count). The summed E-state index contributed by atoms with van der Waals surface area (Å²) in [6, 6.07) is 22.7. The molecule has 0 spiro atoms. The van der Waals surface area contributed by atoms with Crippen molar-refractivity contribution in [3.8, 4) is 0 Å². The number of piperazine rings is 2. The highest BCUT2D eigenvalue weighted by atomic mass is 16.5. The van der Waals surface area contributed by atoms with Gasteiger partial charge in [-0.15, -0.1) is 0 Å². The Hall–Kier alpha value is -5.92. The highest BCUT2D eigenvalue weighted by Gasteiger charge is 2.27. The summed E-state index contributed by atoms with van der Waals surface area (Å²) in [5, 5.41) is 13.5. The topological polar surface area (TPSA) is 130 Å². The lowest BCUT2D eigenvalue weighted by atomic mass is 9.97. The minimum atomic E-state index is -0.368. The summed E-state index contributed by atoms with van der Waals surface area (Å²) >= 11 is 0. The van der Waals surface area contributed by atoms with E-state index in [4.69, 9.17) is 9.72 Å². The number of aromatic nitrogens is 2. The van der Waals surface area contributed by atoms with Gasteiger partial charge in [0.1, 0.15) is 18.4 Å². The highest BCUT2D eigenvalue weighted by molar-refractivity contribution is 6.01. The Labute approximate surface area is 340 Å². The van der Waals surface area contributed by atoms with Crippen molar-refractivity contribution < 1.29 is 14.3 Å². The minimum absolute atomic E-state index is 0.198. The van der Waals surface area contributed by atoms with E-state index < -0.39 is 0 Å². The van der Waals surface area contributed by atoms with E-state index in [9.17, 15) is 9.59 Å². The second-order valence-electron chi connectivity index (χ2n) is 15.4. The van der Waals surface area contributed by atoms with E-state index in [0.717, 1.165) is 122 Å². The molecule has 4 N–H and O–H groups in total. The maximum atomic E-state index is 12.1. The quantitative estimate of drug-likeness (QED) is 0.109. The molecule has 1 aromatic heterocycles. The first-order valence-corrected chi connectivity index (χ1v) is 20.5. The van der Waals surface area contributed by atoms with Gasteiger partial charge in [-0.3, -0.25) is 24.7 Å². The molecule has 4 aliphatic heterocycles. The summed E-state index contributed by atoms with van der Waals surface area (Å²) in [5.41, 5.74) is 9.33. The van der Waals surface area contributed by atoms with Crippen molar-refractivity contribution in [2.45, 2.75) is 32.7 Å². The smallest absolute Gasteiger partial charge is 0.249 e. The van der Waals surface area contributed by atoms with E-state index in [1.807, 2.05) is 31.3 Å². The van der Waals surface area contributed by atoms with Crippen molar-refractivity contribution in [3.63, 3.8) is 0 Å². The molecule has 3 aromatic carbocycles. The van der Waals surface area contributed by atoms with Crippen LogP contribution in [-0.4, -0.2) is 116 Å². The van der Waals surface area contributed by atoms with Gasteiger partial charge in [-0.25, -0.2) is 9.97 Å². The number of piperidine rings is 1. The zero-order valence-corrected chi connectivity index (χ0v) is 33.6. The van der Waals surface area contributed by atoms with E-state index in [-0.39, 0.29) is 17.9 Å².